The molecule has 102 valence electrons. The summed E-state index contributed by atoms with van der Waals surface area (Å²) in [5.41, 5.74) is -1.22. The van der Waals surface area contributed by atoms with Crippen molar-refractivity contribution in [3.05, 3.63) is 23.9 Å². The SMILES string of the molecule is CC(CCCl)S(=O)(=O)c1cccc(C(F)(F)F)n1. The van der Waals surface area contributed by atoms with Gasteiger partial charge in [-0.05, 0) is 25.5 Å². The summed E-state index contributed by atoms with van der Waals surface area (Å²) in [6.45, 7) is 1.39. The number of nitrogens with zero attached hydrogens (tertiary/aromatic N) is 1. The van der Waals surface area contributed by atoms with Crippen LogP contribution in [-0.2, 0) is 16.0 Å². The van der Waals surface area contributed by atoms with Crippen molar-refractivity contribution in [1.82, 2.24) is 4.98 Å². The Balaban J connectivity index is 3.18. The van der Waals surface area contributed by atoms with Crippen LogP contribution in [0.25, 0.3) is 0 Å². The predicted octanol–water partition coefficient (Wildman–Crippen LogP) is 2.89. The molecule has 18 heavy (non-hydrogen) atoms. The van der Waals surface area contributed by atoms with E-state index in [1.807, 2.05) is 0 Å². The van der Waals surface area contributed by atoms with Gasteiger partial charge < -0.3 is 0 Å². The molecule has 0 aliphatic carbocycles. The highest BCUT2D eigenvalue weighted by atomic mass is 35.5. The van der Waals surface area contributed by atoms with Gasteiger partial charge in [-0.3, -0.25) is 0 Å². The minimum Gasteiger partial charge on any atom is -0.232 e. The maximum Gasteiger partial charge on any atom is 0.433 e. The molecule has 0 aliphatic rings. The summed E-state index contributed by atoms with van der Waals surface area (Å²) in [4.78, 5) is 3.16. The van der Waals surface area contributed by atoms with Crippen LogP contribution < -0.4 is 0 Å². The highest BCUT2D eigenvalue weighted by Gasteiger charge is 2.34. The van der Waals surface area contributed by atoms with Gasteiger partial charge in [0, 0.05) is 5.88 Å². The standard InChI is InChI=1S/C10H11ClF3NO2S/c1-7(5-6-11)18(16,17)9-4-2-3-8(15-9)10(12,13)14/h2-4,7H,5-6H2,1H3. The monoisotopic (exact) mass is 301 g/mol. The predicted molar refractivity (Wildman–Crippen MR) is 61.2 cm³/mol. The van der Waals surface area contributed by atoms with Crippen LogP contribution in [-0.4, -0.2) is 24.5 Å². The molecule has 0 aromatic carbocycles. The molecular weight excluding hydrogens is 291 g/mol. The highest BCUT2D eigenvalue weighted by Crippen LogP contribution is 2.28. The topological polar surface area (TPSA) is 47.0 Å². The van der Waals surface area contributed by atoms with Gasteiger partial charge in [0.2, 0.25) is 0 Å². The minimum absolute atomic E-state index is 0.110. The zero-order chi connectivity index (χ0) is 14.0. The van der Waals surface area contributed by atoms with E-state index in [9.17, 15) is 21.6 Å². The minimum atomic E-state index is -4.67. The van der Waals surface area contributed by atoms with Gasteiger partial charge >= 0.3 is 6.18 Å². The Bertz CT molecular complexity index is 516. The molecule has 0 saturated heterocycles. The second-order valence-corrected chi connectivity index (χ2v) is 6.38. The lowest BCUT2D eigenvalue weighted by Gasteiger charge is -2.12. The summed E-state index contributed by atoms with van der Waals surface area (Å²) in [5.74, 6) is 0.110. The Morgan fingerprint density at radius 2 is 2.00 bits per heavy atom. The maximum atomic E-state index is 12.4. The van der Waals surface area contributed by atoms with Crippen LogP contribution in [0.4, 0.5) is 13.2 Å². The first-order valence-corrected chi connectivity index (χ1v) is 7.12. The van der Waals surface area contributed by atoms with E-state index >= 15 is 0 Å². The van der Waals surface area contributed by atoms with Crippen molar-refractivity contribution in [2.45, 2.75) is 29.8 Å². The third-order valence-electron chi connectivity index (χ3n) is 2.35. The molecule has 1 aromatic heterocycles. The smallest absolute Gasteiger partial charge is 0.232 e. The van der Waals surface area contributed by atoms with Crippen molar-refractivity contribution >= 4 is 21.4 Å². The molecule has 0 bridgehead atoms. The second kappa shape index (κ2) is 5.44. The van der Waals surface area contributed by atoms with Crippen LogP contribution in [0.5, 0.6) is 0 Å². The molecule has 1 atom stereocenters. The summed E-state index contributed by atoms with van der Waals surface area (Å²) in [6.07, 6.45) is -4.51. The summed E-state index contributed by atoms with van der Waals surface area (Å²) in [5, 5.41) is -1.44. The van der Waals surface area contributed by atoms with Crippen molar-refractivity contribution in [2.75, 3.05) is 5.88 Å². The van der Waals surface area contributed by atoms with Crippen LogP contribution in [0, 0.1) is 0 Å². The fourth-order valence-corrected chi connectivity index (χ4v) is 3.04. The van der Waals surface area contributed by atoms with Crippen molar-refractivity contribution in [1.29, 1.82) is 0 Å². The van der Waals surface area contributed by atoms with Gasteiger partial charge in [0.25, 0.3) is 0 Å². The number of pyridine rings is 1. The molecule has 0 aliphatic heterocycles. The molecule has 0 spiro atoms. The molecule has 0 saturated carbocycles. The number of halogens is 4. The number of hydrogen-bond acceptors (Lipinski definition) is 3. The van der Waals surface area contributed by atoms with E-state index < -0.39 is 32.0 Å². The molecule has 0 amide bonds. The highest BCUT2D eigenvalue weighted by molar-refractivity contribution is 7.92. The van der Waals surface area contributed by atoms with Gasteiger partial charge in [0.15, 0.2) is 14.9 Å². The lowest BCUT2D eigenvalue weighted by molar-refractivity contribution is -0.141. The van der Waals surface area contributed by atoms with E-state index in [0.717, 1.165) is 18.2 Å². The van der Waals surface area contributed by atoms with E-state index in [1.54, 1.807) is 0 Å². The van der Waals surface area contributed by atoms with Crippen LogP contribution in [0.2, 0.25) is 0 Å². The summed E-state index contributed by atoms with van der Waals surface area (Å²) >= 11 is 5.43. The van der Waals surface area contributed by atoms with Gasteiger partial charge in [-0.1, -0.05) is 6.07 Å². The molecule has 0 fully saturated rings. The molecule has 1 aromatic rings. The van der Waals surface area contributed by atoms with Crippen molar-refractivity contribution < 1.29 is 21.6 Å². The maximum absolute atomic E-state index is 12.4. The first-order chi connectivity index (χ1) is 8.19. The number of hydrogen-bond donors (Lipinski definition) is 0. The van der Waals surface area contributed by atoms with E-state index in [2.05, 4.69) is 4.98 Å². The number of rotatable bonds is 4. The third-order valence-corrected chi connectivity index (χ3v) is 4.67. The van der Waals surface area contributed by atoms with Crippen LogP contribution in [0.15, 0.2) is 23.2 Å². The Morgan fingerprint density at radius 3 is 2.50 bits per heavy atom. The Labute approximate surface area is 108 Å². The van der Waals surface area contributed by atoms with Gasteiger partial charge in [0.1, 0.15) is 5.69 Å². The fraction of sp³-hybridized carbons (Fsp3) is 0.500. The van der Waals surface area contributed by atoms with Gasteiger partial charge in [0.05, 0.1) is 5.25 Å². The molecule has 0 radical (unpaired) electrons. The fourth-order valence-electron chi connectivity index (χ4n) is 1.25. The second-order valence-electron chi connectivity index (χ2n) is 3.69. The first-order valence-electron chi connectivity index (χ1n) is 5.03. The first kappa shape index (κ1) is 15.2. The van der Waals surface area contributed by atoms with Crippen molar-refractivity contribution in [3.8, 4) is 0 Å². The average Bonchev–Trinajstić information content (AvgIpc) is 2.28. The molecule has 3 nitrogen and oxygen atoms in total. The van der Waals surface area contributed by atoms with Crippen molar-refractivity contribution in [3.63, 3.8) is 0 Å². The molecule has 1 unspecified atom stereocenters. The summed E-state index contributed by atoms with van der Waals surface area (Å²) in [7, 11) is -3.88. The van der Waals surface area contributed by atoms with Crippen LogP contribution >= 0.6 is 11.6 Å². The number of alkyl halides is 4. The molecule has 0 N–H and O–H groups in total. The zero-order valence-corrected chi connectivity index (χ0v) is 11.0. The summed E-state index contributed by atoms with van der Waals surface area (Å²) in [6, 6.07) is 2.80. The molecular formula is C10H11ClF3NO2S. The van der Waals surface area contributed by atoms with E-state index in [0.29, 0.717) is 0 Å². The van der Waals surface area contributed by atoms with Gasteiger partial charge in [-0.2, -0.15) is 13.2 Å². The van der Waals surface area contributed by atoms with Crippen molar-refractivity contribution in [2.24, 2.45) is 0 Å². The summed E-state index contributed by atoms with van der Waals surface area (Å²) < 4.78 is 61.1. The normalized spacial score (nSPS) is 14.5. The van der Waals surface area contributed by atoms with Gasteiger partial charge in [-0.25, -0.2) is 13.4 Å². The average molecular weight is 302 g/mol. The molecule has 1 rings (SSSR count). The van der Waals surface area contributed by atoms with E-state index in [-0.39, 0.29) is 12.3 Å². The largest absolute Gasteiger partial charge is 0.433 e. The van der Waals surface area contributed by atoms with Gasteiger partial charge in [-0.15, -0.1) is 11.6 Å². The molecule has 1 heterocycles. The third kappa shape index (κ3) is 3.35. The number of sulfone groups is 1. The van der Waals surface area contributed by atoms with E-state index in [1.165, 1.54) is 6.92 Å². The quantitative estimate of drug-likeness (QED) is 0.803. The number of aromatic nitrogens is 1. The lowest BCUT2D eigenvalue weighted by Crippen LogP contribution is -2.21. The Morgan fingerprint density at radius 1 is 1.39 bits per heavy atom. The van der Waals surface area contributed by atoms with Crippen LogP contribution in [0.3, 0.4) is 0 Å². The van der Waals surface area contributed by atoms with Crippen LogP contribution in [0.1, 0.15) is 19.0 Å². The zero-order valence-electron chi connectivity index (χ0n) is 9.41. The molecule has 8 heteroatoms. The Kier molecular flexibility index (Phi) is 4.61. The van der Waals surface area contributed by atoms with E-state index in [4.69, 9.17) is 11.6 Å². The lowest BCUT2D eigenvalue weighted by atomic mass is 10.3. The Hall–Kier alpha value is -0.820.